The fourth-order valence-corrected chi connectivity index (χ4v) is 0.283. The fraction of sp³-hybridized carbons (Fsp3) is 0.500. The Balaban J connectivity index is 3.60. The van der Waals surface area contributed by atoms with Gasteiger partial charge in [0.1, 0.15) is 5.75 Å². The predicted octanol–water partition coefficient (Wildman–Crippen LogP) is -0.592. The second-order valence-corrected chi connectivity index (χ2v) is 2.43. The summed E-state index contributed by atoms with van der Waals surface area (Å²) in [4.78, 5) is 0. The molecule has 0 aliphatic heterocycles. The van der Waals surface area contributed by atoms with Crippen LogP contribution in [0.3, 0.4) is 0 Å². The Labute approximate surface area is 41.5 Å². The molecule has 0 atom stereocenters. The van der Waals surface area contributed by atoms with Crippen LogP contribution in [-0.2, 0) is 10.1 Å². The van der Waals surface area contributed by atoms with Crippen LogP contribution in [-0.4, -0.2) is 23.8 Å². The molecule has 0 saturated carbocycles. The molecule has 0 aliphatic carbocycles. The molecule has 5 heteroatoms. The van der Waals surface area contributed by atoms with E-state index in [-0.39, 0.29) is 0 Å². The zero-order valence-corrected chi connectivity index (χ0v) is 4.22. The molecule has 2 N–H and O–H groups in total. The predicted molar refractivity (Wildman–Crippen MR) is 22.7 cm³/mol. The van der Waals surface area contributed by atoms with E-state index in [1.807, 2.05) is 0 Å². The van der Waals surface area contributed by atoms with Gasteiger partial charge in [0.25, 0.3) is 10.1 Å². The second kappa shape index (κ2) is 2.25. The molecular weight excluding hydrogens is 120 g/mol. The maximum Gasteiger partial charge on any atom is 0.267 e. The smallest absolute Gasteiger partial charge is 0.267 e. The van der Waals surface area contributed by atoms with Crippen molar-refractivity contribution in [2.45, 2.75) is 0 Å². The minimum atomic E-state index is -3.98. The van der Waals surface area contributed by atoms with Crippen LogP contribution in [0.2, 0.25) is 0 Å². The average Bonchev–Trinajstić information content (AvgIpc) is 1.30. The summed E-state index contributed by atoms with van der Waals surface area (Å²) in [6.07, 6.45) is 0. The van der Waals surface area contributed by atoms with Crippen LogP contribution in [0.5, 0.6) is 0 Å². The van der Waals surface area contributed by atoms with Gasteiger partial charge in [-0.3, -0.25) is 4.55 Å². The van der Waals surface area contributed by atoms with E-state index in [9.17, 15) is 8.42 Å². The molecule has 0 bridgehead atoms. The Morgan fingerprint density at radius 2 is 2.00 bits per heavy atom. The summed E-state index contributed by atoms with van der Waals surface area (Å²) in [5, 5.41) is 7.74. The number of aliphatic hydroxyl groups excluding tert-OH is 1. The van der Waals surface area contributed by atoms with Crippen LogP contribution < -0.4 is 0 Å². The molecule has 0 aromatic carbocycles. The van der Waals surface area contributed by atoms with Crippen LogP contribution in [0.4, 0.5) is 0 Å². The molecule has 0 fully saturated rings. The highest BCUT2D eigenvalue weighted by molar-refractivity contribution is 7.85. The van der Waals surface area contributed by atoms with Gasteiger partial charge in [-0.1, -0.05) is 0 Å². The highest BCUT2D eigenvalue weighted by atomic mass is 32.2. The monoisotopic (exact) mass is 125 g/mol. The Bertz CT molecular complexity index is 123. The molecule has 0 rings (SSSR count). The molecule has 43 valence electrons. The van der Waals surface area contributed by atoms with Gasteiger partial charge in [0.05, 0.1) is 6.61 Å². The van der Waals surface area contributed by atoms with Crippen LogP contribution >= 0.6 is 0 Å². The summed E-state index contributed by atoms with van der Waals surface area (Å²) >= 11 is 0. The van der Waals surface area contributed by atoms with Crippen molar-refractivity contribution >= 4 is 10.1 Å². The lowest BCUT2D eigenvalue weighted by molar-refractivity contribution is 0.393. The van der Waals surface area contributed by atoms with E-state index in [0.29, 0.717) is 6.61 Å². The molecule has 0 spiro atoms. The zero-order valence-electron chi connectivity index (χ0n) is 3.40. The summed E-state index contributed by atoms with van der Waals surface area (Å²) in [5.41, 5.74) is 0. The Morgan fingerprint density at radius 3 is 2.00 bits per heavy atom. The van der Waals surface area contributed by atoms with Crippen LogP contribution in [0, 0.1) is 6.61 Å². The third-order valence-corrected chi connectivity index (χ3v) is 0.855. The lowest BCUT2D eigenvalue weighted by Gasteiger charge is -1.85. The first-order valence-corrected chi connectivity index (χ1v) is 3.08. The van der Waals surface area contributed by atoms with E-state index in [2.05, 4.69) is 0 Å². The zero-order chi connectivity index (χ0) is 5.91. The molecule has 0 aromatic heterocycles. The van der Waals surface area contributed by atoms with E-state index in [1.165, 1.54) is 0 Å². The van der Waals surface area contributed by atoms with Gasteiger partial charge in [0.15, 0.2) is 0 Å². The van der Waals surface area contributed by atoms with Crippen LogP contribution in [0.15, 0.2) is 0 Å². The number of aliphatic hydroxyl groups is 1. The van der Waals surface area contributed by atoms with Gasteiger partial charge in [-0.15, -0.1) is 0 Å². The normalized spacial score (nSPS) is 11.7. The first-order chi connectivity index (χ1) is 3.06. The molecule has 1 radical (unpaired) electrons. The van der Waals surface area contributed by atoms with Crippen molar-refractivity contribution in [2.24, 2.45) is 0 Å². The highest BCUT2D eigenvalue weighted by Crippen LogP contribution is 1.80. The van der Waals surface area contributed by atoms with Gasteiger partial charge >= 0.3 is 0 Å². The lowest BCUT2D eigenvalue weighted by Crippen LogP contribution is -2.02. The first-order valence-electron chi connectivity index (χ1n) is 1.47. The van der Waals surface area contributed by atoms with Gasteiger partial charge in [-0.05, 0) is 0 Å². The van der Waals surface area contributed by atoms with E-state index in [4.69, 9.17) is 9.66 Å². The maximum atomic E-state index is 9.60. The summed E-state index contributed by atoms with van der Waals surface area (Å²) < 4.78 is 27.0. The standard InChI is InChI=1S/C2H5O4S/c3-1-2-7(4,5)6/h1,3H,2H2,(H,4,5,6). The van der Waals surface area contributed by atoms with E-state index in [1.54, 1.807) is 0 Å². The number of rotatable bonds is 2. The van der Waals surface area contributed by atoms with E-state index >= 15 is 0 Å². The minimum Gasteiger partial charge on any atom is -0.389 e. The minimum absolute atomic E-state index is 0.370. The fourth-order valence-electron chi connectivity index (χ4n) is 0.0942. The summed E-state index contributed by atoms with van der Waals surface area (Å²) in [6, 6.07) is 0. The van der Waals surface area contributed by atoms with Crippen molar-refractivity contribution in [1.29, 1.82) is 0 Å². The molecule has 4 nitrogen and oxygen atoms in total. The summed E-state index contributed by atoms with van der Waals surface area (Å²) in [7, 11) is -3.98. The van der Waals surface area contributed by atoms with Gasteiger partial charge in [0, 0.05) is 0 Å². The third-order valence-electron chi connectivity index (χ3n) is 0.285. The van der Waals surface area contributed by atoms with Crippen molar-refractivity contribution in [3.05, 3.63) is 6.61 Å². The van der Waals surface area contributed by atoms with Crippen molar-refractivity contribution in [3.8, 4) is 0 Å². The van der Waals surface area contributed by atoms with Crippen LogP contribution in [0.25, 0.3) is 0 Å². The second-order valence-electron chi connectivity index (χ2n) is 0.931. The molecule has 0 unspecified atom stereocenters. The van der Waals surface area contributed by atoms with Gasteiger partial charge in [0.2, 0.25) is 0 Å². The lowest BCUT2D eigenvalue weighted by atomic mass is 10.9. The van der Waals surface area contributed by atoms with Crippen molar-refractivity contribution in [2.75, 3.05) is 5.75 Å². The quantitative estimate of drug-likeness (QED) is 0.483. The molecular formula is C2H5O4S. The number of hydrogen-bond acceptors (Lipinski definition) is 3. The number of hydrogen-bond donors (Lipinski definition) is 2. The van der Waals surface area contributed by atoms with Crippen molar-refractivity contribution in [1.82, 2.24) is 0 Å². The topological polar surface area (TPSA) is 74.6 Å². The third kappa shape index (κ3) is 5.87. The summed E-state index contributed by atoms with van der Waals surface area (Å²) in [6.45, 7) is 0.370. The van der Waals surface area contributed by atoms with Gasteiger partial charge in [-0.2, -0.15) is 8.42 Å². The Hall–Kier alpha value is -0.130. The Morgan fingerprint density at radius 1 is 1.57 bits per heavy atom. The average molecular weight is 125 g/mol. The van der Waals surface area contributed by atoms with Gasteiger partial charge in [-0.25, -0.2) is 0 Å². The summed E-state index contributed by atoms with van der Waals surface area (Å²) in [5.74, 6) is -0.701. The molecule has 0 aromatic rings. The van der Waals surface area contributed by atoms with E-state index < -0.39 is 15.9 Å². The van der Waals surface area contributed by atoms with Crippen molar-refractivity contribution in [3.63, 3.8) is 0 Å². The molecule has 0 aliphatic rings. The first kappa shape index (κ1) is 6.87. The van der Waals surface area contributed by atoms with Crippen LogP contribution in [0.1, 0.15) is 0 Å². The molecule has 0 saturated heterocycles. The maximum absolute atomic E-state index is 9.60. The van der Waals surface area contributed by atoms with E-state index in [0.717, 1.165) is 0 Å². The largest absolute Gasteiger partial charge is 0.389 e. The van der Waals surface area contributed by atoms with Crippen molar-refractivity contribution < 1.29 is 18.1 Å². The molecule has 0 heterocycles. The molecule has 7 heavy (non-hydrogen) atoms. The highest BCUT2D eigenvalue weighted by Gasteiger charge is 1.99. The van der Waals surface area contributed by atoms with Gasteiger partial charge < -0.3 is 5.11 Å². The Kier molecular flexibility index (Phi) is 2.21. The molecule has 0 amide bonds. The SMILES string of the molecule is O=S(=O)(O)C[CH]O.